The van der Waals surface area contributed by atoms with Crippen LogP contribution < -0.4 is 36.3 Å². The standard InChI is InChI=1S/C72H84BN3Si/c1-66(2,3)49-31-34-59(54(40-49)47-26-18-16-19-27-47)74-61-42-51(68(7,8)9)30-33-57(61)73-58-46-53(77(13,14)15)45-56-65(58)76(71(12)38-24-25-39-72(56,71)48-28-20-17-21-29-48)63-44-52(43-62(74)64(63)73)75-60-35-32-50(67(4,5)6)41-55(60)69(10)36-22-23-37-70(69,75)11/h16-21,26-35,40-46H,22-25,36-39H2,1-15H3. The molecule has 3 nitrogen and oxygen atoms in total. The fourth-order valence-electron chi connectivity index (χ4n) is 16.3. The maximum atomic E-state index is 3.01. The van der Waals surface area contributed by atoms with Crippen LogP contribution in [0.15, 0.2) is 140 Å². The molecule has 7 aromatic rings. The van der Waals surface area contributed by atoms with E-state index in [0.29, 0.717) is 0 Å². The minimum Gasteiger partial charge on any atom is -0.335 e. The molecule has 4 heterocycles. The summed E-state index contributed by atoms with van der Waals surface area (Å²) in [5, 5.41) is 1.57. The Bertz CT molecular complexity index is 3550. The van der Waals surface area contributed by atoms with Crippen molar-refractivity contribution in [3.8, 4) is 11.1 Å². The predicted molar refractivity (Wildman–Crippen MR) is 336 cm³/mol. The van der Waals surface area contributed by atoms with Gasteiger partial charge in [-0.3, -0.25) is 0 Å². The lowest BCUT2D eigenvalue weighted by atomic mass is 9.33. The van der Waals surface area contributed by atoms with Crippen LogP contribution in [0.4, 0.5) is 39.8 Å². The van der Waals surface area contributed by atoms with Gasteiger partial charge in [0.05, 0.1) is 24.8 Å². The fourth-order valence-corrected chi connectivity index (χ4v) is 17.5. The average Bonchev–Trinajstić information content (AvgIpc) is 2.88. The number of nitrogens with zero attached hydrogens (tertiary/aromatic N) is 3. The van der Waals surface area contributed by atoms with Crippen molar-refractivity contribution in [3.05, 3.63) is 173 Å². The molecule has 0 radical (unpaired) electrons. The van der Waals surface area contributed by atoms with E-state index in [9.17, 15) is 0 Å². The highest BCUT2D eigenvalue weighted by molar-refractivity contribution is 7.01. The summed E-state index contributed by atoms with van der Waals surface area (Å²) in [6, 6.07) is 56.8. The summed E-state index contributed by atoms with van der Waals surface area (Å²) < 4.78 is 0. The summed E-state index contributed by atoms with van der Waals surface area (Å²) in [6.07, 6.45) is 9.54. The van der Waals surface area contributed by atoms with Gasteiger partial charge in [-0.15, -0.1) is 0 Å². The van der Waals surface area contributed by atoms with E-state index in [4.69, 9.17) is 0 Å². The molecule has 0 spiro atoms. The van der Waals surface area contributed by atoms with Crippen LogP contribution >= 0.6 is 0 Å². The maximum Gasteiger partial charge on any atom is 0.252 e. The van der Waals surface area contributed by atoms with Gasteiger partial charge < -0.3 is 14.7 Å². The first kappa shape index (κ1) is 50.7. The second kappa shape index (κ2) is 16.6. The predicted octanol–water partition coefficient (Wildman–Crippen LogP) is 16.9. The molecule has 4 unspecified atom stereocenters. The Morgan fingerprint density at radius 3 is 1.70 bits per heavy atom. The van der Waals surface area contributed by atoms with Crippen molar-refractivity contribution < 1.29 is 0 Å². The Kier molecular flexibility index (Phi) is 11.0. The summed E-state index contributed by atoms with van der Waals surface area (Å²) in [4.78, 5) is 8.68. The number of rotatable bonds is 5. The van der Waals surface area contributed by atoms with E-state index >= 15 is 0 Å². The molecule has 394 valence electrons. The molecule has 0 amide bonds. The molecule has 0 aromatic heterocycles. The number of hydrogen-bond donors (Lipinski definition) is 0. The maximum absolute atomic E-state index is 3.01. The van der Waals surface area contributed by atoms with Crippen LogP contribution in [0.2, 0.25) is 19.6 Å². The van der Waals surface area contributed by atoms with Crippen molar-refractivity contribution in [3.63, 3.8) is 0 Å². The third-order valence-corrected chi connectivity index (χ3v) is 22.9. The topological polar surface area (TPSA) is 9.72 Å². The number of hydrogen-bond acceptors (Lipinski definition) is 3. The van der Waals surface area contributed by atoms with Gasteiger partial charge in [0.25, 0.3) is 6.71 Å². The van der Waals surface area contributed by atoms with Crippen LogP contribution in [-0.4, -0.2) is 25.9 Å². The number of benzene rings is 7. The van der Waals surface area contributed by atoms with E-state index in [-0.39, 0.29) is 44.9 Å². The molecule has 2 aliphatic carbocycles. The van der Waals surface area contributed by atoms with E-state index < -0.39 is 8.07 Å². The van der Waals surface area contributed by atoms with Gasteiger partial charge in [-0.1, -0.05) is 223 Å². The smallest absolute Gasteiger partial charge is 0.252 e. The molecule has 2 fully saturated rings. The minimum absolute atomic E-state index is 0.0207. The summed E-state index contributed by atoms with van der Waals surface area (Å²) in [7, 11) is -1.87. The SMILES string of the molecule is CC(C)(C)c1ccc(N2c3cc(C(C)(C)C)ccc3B3c4cc([Si](C)(C)C)cc5c4N(c4cc(N6c7ccc(C(C)(C)C)cc7C7(C)CCCCC67C)cc2c43)C2(C)CCCCC52c2ccccc2)c(-c2ccccc2)c1. The fraction of sp³-hybridized carbons (Fsp3) is 0.417. The van der Waals surface area contributed by atoms with Gasteiger partial charge in [-0.2, -0.15) is 0 Å². The first-order chi connectivity index (χ1) is 36.3. The molecule has 4 atom stereocenters. The highest BCUT2D eigenvalue weighted by atomic mass is 28.3. The van der Waals surface area contributed by atoms with Crippen LogP contribution in [-0.2, 0) is 27.1 Å². The molecule has 4 aliphatic heterocycles. The van der Waals surface area contributed by atoms with E-state index in [1.807, 2.05) is 0 Å². The summed E-state index contributed by atoms with van der Waals surface area (Å²) in [5.41, 5.74) is 24.5. The minimum atomic E-state index is -1.87. The number of anilines is 7. The molecule has 77 heavy (non-hydrogen) atoms. The molecular formula is C72H84BN3Si. The Balaban J connectivity index is 1.21. The highest BCUT2D eigenvalue weighted by Gasteiger charge is 2.65. The van der Waals surface area contributed by atoms with Crippen molar-refractivity contribution in [2.24, 2.45) is 0 Å². The third kappa shape index (κ3) is 7.06. The van der Waals surface area contributed by atoms with Crippen molar-refractivity contribution in [1.82, 2.24) is 0 Å². The van der Waals surface area contributed by atoms with Crippen molar-refractivity contribution in [2.45, 2.75) is 192 Å². The molecule has 5 heteroatoms. The molecule has 6 aliphatic rings. The monoisotopic (exact) mass is 1030 g/mol. The molecular weight excluding hydrogens is 946 g/mol. The average molecular weight is 1030 g/mol. The van der Waals surface area contributed by atoms with Crippen LogP contribution in [0.3, 0.4) is 0 Å². The zero-order chi connectivity index (χ0) is 54.2. The second-order valence-corrected chi connectivity index (χ2v) is 34.5. The Morgan fingerprint density at radius 1 is 0.468 bits per heavy atom. The van der Waals surface area contributed by atoms with Gasteiger partial charge in [0.15, 0.2) is 0 Å². The van der Waals surface area contributed by atoms with Gasteiger partial charge in [0.2, 0.25) is 0 Å². The van der Waals surface area contributed by atoms with Crippen LogP contribution in [0.1, 0.15) is 168 Å². The molecule has 0 N–H and O–H groups in total. The van der Waals surface area contributed by atoms with Crippen LogP contribution in [0.5, 0.6) is 0 Å². The molecule has 2 saturated carbocycles. The summed E-state index contributed by atoms with van der Waals surface area (Å²) in [5.74, 6) is 0. The van der Waals surface area contributed by atoms with Crippen molar-refractivity contribution >= 4 is 76.2 Å². The van der Waals surface area contributed by atoms with Crippen molar-refractivity contribution in [2.75, 3.05) is 14.7 Å². The van der Waals surface area contributed by atoms with Crippen molar-refractivity contribution in [1.29, 1.82) is 0 Å². The summed E-state index contributed by atoms with van der Waals surface area (Å²) in [6.45, 7) is 37.2. The van der Waals surface area contributed by atoms with Gasteiger partial charge >= 0.3 is 0 Å². The Labute approximate surface area is 464 Å². The highest BCUT2D eigenvalue weighted by Crippen LogP contribution is 2.66. The van der Waals surface area contributed by atoms with E-state index in [2.05, 4.69) is 257 Å². The molecule has 0 bridgehead atoms. The third-order valence-electron chi connectivity index (χ3n) is 20.9. The van der Waals surface area contributed by atoms with Gasteiger partial charge in [-0.25, -0.2) is 0 Å². The lowest BCUT2D eigenvalue weighted by Crippen LogP contribution is -2.65. The zero-order valence-corrected chi connectivity index (χ0v) is 50.4. The number of fused-ring (bicyclic) bond motifs is 10. The van der Waals surface area contributed by atoms with E-state index in [1.165, 1.54) is 127 Å². The zero-order valence-electron chi connectivity index (χ0n) is 49.4. The first-order valence-corrected chi connectivity index (χ1v) is 33.1. The molecule has 13 rings (SSSR count). The summed E-state index contributed by atoms with van der Waals surface area (Å²) >= 11 is 0. The Morgan fingerprint density at radius 2 is 1.04 bits per heavy atom. The molecule has 0 saturated heterocycles. The van der Waals surface area contributed by atoms with Crippen LogP contribution in [0.25, 0.3) is 11.1 Å². The van der Waals surface area contributed by atoms with E-state index in [0.717, 1.165) is 19.3 Å². The quantitative estimate of drug-likeness (QED) is 0.159. The van der Waals surface area contributed by atoms with Gasteiger partial charge in [-0.05, 0) is 148 Å². The molecule has 7 aromatic carbocycles. The first-order valence-electron chi connectivity index (χ1n) is 29.6. The lowest BCUT2D eigenvalue weighted by Gasteiger charge is -2.54. The van der Waals surface area contributed by atoms with Crippen LogP contribution in [0, 0.1) is 0 Å². The second-order valence-electron chi connectivity index (χ2n) is 29.5. The lowest BCUT2D eigenvalue weighted by molar-refractivity contribution is 0.194. The van der Waals surface area contributed by atoms with Gasteiger partial charge in [0, 0.05) is 50.5 Å². The van der Waals surface area contributed by atoms with Gasteiger partial charge in [0.1, 0.15) is 0 Å². The normalized spacial score (nSPS) is 24.2. The van der Waals surface area contributed by atoms with E-state index in [1.54, 1.807) is 10.8 Å². The Hall–Kier alpha value is -5.78. The largest absolute Gasteiger partial charge is 0.335 e.